The molecule has 0 radical (unpaired) electrons. The van der Waals surface area contributed by atoms with Crippen molar-refractivity contribution in [1.82, 2.24) is 0 Å². The number of nitriles is 1. The smallest absolute Gasteiger partial charge is 0.121 e. The van der Waals surface area contributed by atoms with E-state index < -0.39 is 0 Å². The third kappa shape index (κ3) is 4.48. The van der Waals surface area contributed by atoms with Gasteiger partial charge in [0.05, 0.1) is 18.4 Å². The zero-order chi connectivity index (χ0) is 14.4. The Hall–Kier alpha value is -1.69. The first-order valence-corrected chi connectivity index (χ1v) is 6.81. The van der Waals surface area contributed by atoms with Gasteiger partial charge in [0.1, 0.15) is 11.8 Å². The first-order chi connectivity index (χ1) is 8.97. The summed E-state index contributed by atoms with van der Waals surface area (Å²) in [5.41, 5.74) is 1.69. The molecule has 0 bridgehead atoms. The molecule has 0 amide bonds. The fourth-order valence-electron chi connectivity index (χ4n) is 2.15. The van der Waals surface area contributed by atoms with E-state index in [9.17, 15) is 5.26 Å². The fourth-order valence-corrected chi connectivity index (χ4v) is 2.15. The zero-order valence-corrected chi connectivity index (χ0v) is 12.6. The highest BCUT2D eigenvalue weighted by Crippen LogP contribution is 2.27. The van der Waals surface area contributed by atoms with Gasteiger partial charge in [-0.2, -0.15) is 5.26 Å². The molecule has 3 nitrogen and oxygen atoms in total. The minimum Gasteiger partial charge on any atom is -0.497 e. The van der Waals surface area contributed by atoms with E-state index in [2.05, 4.69) is 38.7 Å². The summed E-state index contributed by atoms with van der Waals surface area (Å²) in [5, 5.41) is 9.28. The van der Waals surface area contributed by atoms with E-state index in [-0.39, 0.29) is 0 Å². The van der Waals surface area contributed by atoms with E-state index in [4.69, 9.17) is 4.74 Å². The summed E-state index contributed by atoms with van der Waals surface area (Å²) in [4.78, 5) is 2.29. The van der Waals surface area contributed by atoms with Crippen LogP contribution in [-0.4, -0.2) is 20.2 Å². The van der Waals surface area contributed by atoms with Crippen molar-refractivity contribution in [3.63, 3.8) is 0 Å². The van der Waals surface area contributed by atoms with Crippen molar-refractivity contribution in [2.75, 3.05) is 25.1 Å². The van der Waals surface area contributed by atoms with Crippen molar-refractivity contribution in [3.8, 4) is 11.8 Å². The molecule has 0 aromatic heterocycles. The SMILES string of the molecule is COc1ccc(C#N)c(N(CC(C)C)CC(C)C)c1. The normalized spacial score (nSPS) is 10.6. The molecule has 0 spiro atoms. The molecule has 0 N–H and O–H groups in total. The second-order valence-electron chi connectivity index (χ2n) is 5.69. The molecule has 0 aliphatic rings. The van der Waals surface area contributed by atoms with Crippen LogP contribution in [-0.2, 0) is 0 Å². The summed E-state index contributed by atoms with van der Waals surface area (Å²) in [6.07, 6.45) is 0. The van der Waals surface area contributed by atoms with Crippen LogP contribution < -0.4 is 9.64 Å². The first kappa shape index (κ1) is 15.4. The average molecular weight is 260 g/mol. The van der Waals surface area contributed by atoms with Gasteiger partial charge in [-0.1, -0.05) is 27.7 Å². The Kier molecular flexibility index (Phi) is 5.69. The number of hydrogen-bond donors (Lipinski definition) is 0. The van der Waals surface area contributed by atoms with E-state index in [1.165, 1.54) is 0 Å². The Morgan fingerprint density at radius 1 is 1.16 bits per heavy atom. The number of anilines is 1. The highest BCUT2D eigenvalue weighted by Gasteiger charge is 2.15. The van der Waals surface area contributed by atoms with Crippen LogP contribution >= 0.6 is 0 Å². The standard InChI is InChI=1S/C16H24N2O/c1-12(2)10-18(11-13(3)4)16-8-15(19-5)7-6-14(16)9-17/h6-8,12-13H,10-11H2,1-5H3. The van der Waals surface area contributed by atoms with Gasteiger partial charge in [-0.25, -0.2) is 0 Å². The van der Waals surface area contributed by atoms with Crippen LogP contribution in [0.3, 0.4) is 0 Å². The lowest BCUT2D eigenvalue weighted by atomic mass is 10.1. The Labute approximate surface area is 116 Å². The summed E-state index contributed by atoms with van der Waals surface area (Å²) in [6, 6.07) is 7.91. The Bertz CT molecular complexity index is 437. The molecule has 1 rings (SSSR count). The van der Waals surface area contributed by atoms with Gasteiger partial charge in [-0.15, -0.1) is 0 Å². The largest absolute Gasteiger partial charge is 0.497 e. The molecule has 1 aromatic carbocycles. The molecular weight excluding hydrogens is 236 g/mol. The van der Waals surface area contributed by atoms with Crippen LogP contribution in [0.2, 0.25) is 0 Å². The number of hydrogen-bond acceptors (Lipinski definition) is 3. The van der Waals surface area contributed by atoms with E-state index >= 15 is 0 Å². The molecule has 0 atom stereocenters. The van der Waals surface area contributed by atoms with Gasteiger partial charge in [0, 0.05) is 19.2 Å². The van der Waals surface area contributed by atoms with E-state index in [0.29, 0.717) is 17.4 Å². The molecule has 1 aromatic rings. The molecule has 0 saturated heterocycles. The minimum absolute atomic E-state index is 0.552. The number of methoxy groups -OCH3 is 1. The lowest BCUT2D eigenvalue weighted by Crippen LogP contribution is -2.31. The molecule has 0 saturated carbocycles. The van der Waals surface area contributed by atoms with Crippen molar-refractivity contribution in [2.45, 2.75) is 27.7 Å². The van der Waals surface area contributed by atoms with Gasteiger partial charge in [0.25, 0.3) is 0 Å². The van der Waals surface area contributed by atoms with Gasteiger partial charge >= 0.3 is 0 Å². The van der Waals surface area contributed by atoms with Crippen LogP contribution in [0.4, 0.5) is 5.69 Å². The molecule has 0 unspecified atom stereocenters. The average Bonchev–Trinajstić information content (AvgIpc) is 2.36. The highest BCUT2D eigenvalue weighted by atomic mass is 16.5. The van der Waals surface area contributed by atoms with Gasteiger partial charge in [-0.05, 0) is 24.0 Å². The molecule has 19 heavy (non-hydrogen) atoms. The van der Waals surface area contributed by atoms with Crippen molar-refractivity contribution < 1.29 is 4.74 Å². The van der Waals surface area contributed by atoms with E-state index in [0.717, 1.165) is 24.5 Å². The maximum Gasteiger partial charge on any atom is 0.121 e. The summed E-state index contributed by atoms with van der Waals surface area (Å²) >= 11 is 0. The van der Waals surface area contributed by atoms with Gasteiger partial charge in [0.2, 0.25) is 0 Å². The summed E-state index contributed by atoms with van der Waals surface area (Å²) < 4.78 is 5.28. The van der Waals surface area contributed by atoms with Gasteiger partial charge in [-0.3, -0.25) is 0 Å². The third-order valence-corrected chi connectivity index (χ3v) is 2.84. The minimum atomic E-state index is 0.552. The quantitative estimate of drug-likeness (QED) is 0.782. The Morgan fingerprint density at radius 2 is 1.74 bits per heavy atom. The second kappa shape index (κ2) is 7.04. The molecular formula is C16H24N2O. The maximum atomic E-state index is 9.28. The Balaban J connectivity index is 3.15. The Morgan fingerprint density at radius 3 is 2.16 bits per heavy atom. The van der Waals surface area contributed by atoms with Crippen LogP contribution in [0, 0.1) is 23.2 Å². The molecule has 3 heteroatoms. The first-order valence-electron chi connectivity index (χ1n) is 6.81. The van der Waals surface area contributed by atoms with E-state index in [1.54, 1.807) is 7.11 Å². The number of nitrogens with zero attached hydrogens (tertiary/aromatic N) is 2. The molecule has 0 heterocycles. The lowest BCUT2D eigenvalue weighted by molar-refractivity contribution is 0.414. The highest BCUT2D eigenvalue weighted by molar-refractivity contribution is 5.62. The van der Waals surface area contributed by atoms with Crippen LogP contribution in [0.1, 0.15) is 33.3 Å². The van der Waals surface area contributed by atoms with Crippen molar-refractivity contribution in [3.05, 3.63) is 23.8 Å². The molecule has 0 aliphatic carbocycles. The third-order valence-electron chi connectivity index (χ3n) is 2.84. The van der Waals surface area contributed by atoms with Gasteiger partial charge in [0.15, 0.2) is 0 Å². The summed E-state index contributed by atoms with van der Waals surface area (Å²) in [7, 11) is 1.65. The van der Waals surface area contributed by atoms with Crippen LogP contribution in [0.25, 0.3) is 0 Å². The van der Waals surface area contributed by atoms with Crippen molar-refractivity contribution in [1.29, 1.82) is 5.26 Å². The van der Waals surface area contributed by atoms with Crippen molar-refractivity contribution in [2.24, 2.45) is 11.8 Å². The number of ether oxygens (including phenoxy) is 1. The van der Waals surface area contributed by atoms with Crippen LogP contribution in [0.5, 0.6) is 5.75 Å². The molecule has 0 aliphatic heterocycles. The number of benzene rings is 1. The number of rotatable bonds is 6. The van der Waals surface area contributed by atoms with Gasteiger partial charge < -0.3 is 9.64 Å². The van der Waals surface area contributed by atoms with Crippen LogP contribution in [0.15, 0.2) is 18.2 Å². The second-order valence-corrected chi connectivity index (χ2v) is 5.69. The monoisotopic (exact) mass is 260 g/mol. The topological polar surface area (TPSA) is 36.3 Å². The maximum absolute atomic E-state index is 9.28. The van der Waals surface area contributed by atoms with E-state index in [1.807, 2.05) is 18.2 Å². The summed E-state index contributed by atoms with van der Waals surface area (Å²) in [6.45, 7) is 10.7. The summed E-state index contributed by atoms with van der Waals surface area (Å²) in [5.74, 6) is 1.90. The molecule has 104 valence electrons. The van der Waals surface area contributed by atoms with Crippen molar-refractivity contribution >= 4 is 5.69 Å². The molecule has 0 fully saturated rings. The fraction of sp³-hybridized carbons (Fsp3) is 0.562. The lowest BCUT2D eigenvalue weighted by Gasteiger charge is -2.29. The predicted molar refractivity (Wildman–Crippen MR) is 79.6 cm³/mol. The predicted octanol–water partition coefficient (Wildman–Crippen LogP) is 3.69. The zero-order valence-electron chi connectivity index (χ0n) is 12.6.